The third-order valence-corrected chi connectivity index (χ3v) is 7.67. The number of carboxylic acid groups (broad SMARTS) is 1. The van der Waals surface area contributed by atoms with Crippen LogP contribution in [0.4, 0.5) is 0 Å². The molecule has 6 unspecified atom stereocenters. The highest BCUT2D eigenvalue weighted by molar-refractivity contribution is 6.05. The fraction of sp³-hybridized carbons (Fsp3) is 0.643. The fourth-order valence-electron chi connectivity index (χ4n) is 5.11. The van der Waals surface area contributed by atoms with E-state index in [1.807, 2.05) is 13.8 Å². The quantitative estimate of drug-likeness (QED) is 0.216. The first-order chi connectivity index (χ1) is 19.6. The van der Waals surface area contributed by atoms with Crippen LogP contribution in [-0.4, -0.2) is 98.6 Å². The summed E-state index contributed by atoms with van der Waals surface area (Å²) in [6.45, 7) is 8.08. The van der Waals surface area contributed by atoms with Gasteiger partial charge in [0.05, 0.1) is 48.5 Å². The Morgan fingerprint density at radius 3 is 2.07 bits per heavy atom. The lowest BCUT2D eigenvalue weighted by Gasteiger charge is -2.26. The maximum Gasteiger partial charge on any atom is 0.309 e. The van der Waals surface area contributed by atoms with Crippen molar-refractivity contribution in [3.63, 3.8) is 0 Å². The summed E-state index contributed by atoms with van der Waals surface area (Å²) in [4.78, 5) is 63.5. The molecule has 1 aliphatic heterocycles. The highest BCUT2D eigenvalue weighted by Crippen LogP contribution is 2.32. The van der Waals surface area contributed by atoms with E-state index in [9.17, 15) is 24.3 Å². The predicted octanol–water partition coefficient (Wildman–Crippen LogP) is 1.00. The number of aliphatic carboxylic acids is 1. The second-order valence-corrected chi connectivity index (χ2v) is 10.1. The molecule has 42 heavy (non-hydrogen) atoms. The largest absolute Gasteiger partial charge is 0.481 e. The number of carboxylic acids is 1. The van der Waals surface area contributed by atoms with Crippen molar-refractivity contribution in [3.05, 3.63) is 36.4 Å². The molecule has 0 radical (unpaired) electrons. The van der Waals surface area contributed by atoms with Gasteiger partial charge in [-0.05, 0) is 26.7 Å². The van der Waals surface area contributed by atoms with Gasteiger partial charge in [-0.15, -0.1) is 0 Å². The van der Waals surface area contributed by atoms with Crippen molar-refractivity contribution in [2.24, 2.45) is 23.7 Å². The van der Waals surface area contributed by atoms with Gasteiger partial charge in [-0.3, -0.25) is 24.1 Å². The number of H-pyrrole nitrogens is 2. The minimum absolute atomic E-state index is 0. The second kappa shape index (κ2) is 18.0. The van der Waals surface area contributed by atoms with Gasteiger partial charge in [0.2, 0.25) is 17.7 Å². The molecule has 14 nitrogen and oxygen atoms in total. The number of imide groups is 1. The van der Waals surface area contributed by atoms with Gasteiger partial charge in [0, 0.05) is 63.9 Å². The molecule has 3 amide bonds. The Bertz CT molecular complexity index is 1090. The van der Waals surface area contributed by atoms with E-state index in [2.05, 4.69) is 25.3 Å². The van der Waals surface area contributed by atoms with Gasteiger partial charge in [0.25, 0.3) is 0 Å². The molecule has 0 bridgehead atoms. The minimum atomic E-state index is -1.01. The number of hydrogen-bond donors (Lipinski definition) is 4. The van der Waals surface area contributed by atoms with Crippen molar-refractivity contribution < 1.29 is 39.2 Å². The minimum Gasteiger partial charge on any atom is -0.481 e. The van der Waals surface area contributed by atoms with E-state index in [1.54, 1.807) is 46.0 Å². The average molecular weight is 595 g/mol. The maximum absolute atomic E-state index is 12.4. The van der Waals surface area contributed by atoms with Crippen LogP contribution in [-0.2, 0) is 41.5 Å². The molecule has 0 saturated carbocycles. The third kappa shape index (κ3) is 9.46. The van der Waals surface area contributed by atoms with Crippen LogP contribution in [0.3, 0.4) is 0 Å². The number of nitrogens with one attached hydrogen (secondary N) is 3. The van der Waals surface area contributed by atoms with E-state index in [1.165, 1.54) is 12.0 Å². The van der Waals surface area contributed by atoms with Gasteiger partial charge in [-0.1, -0.05) is 13.8 Å². The highest BCUT2D eigenvalue weighted by Gasteiger charge is 2.48. The van der Waals surface area contributed by atoms with Crippen LogP contribution in [0, 0.1) is 23.7 Å². The lowest BCUT2D eigenvalue weighted by Crippen LogP contribution is -2.43. The first kappa shape index (κ1) is 36.4. The predicted molar refractivity (Wildman–Crippen MR) is 153 cm³/mol. The van der Waals surface area contributed by atoms with Crippen molar-refractivity contribution in [2.75, 3.05) is 27.3 Å². The number of imidazole rings is 2. The number of nitrogens with zero attached hydrogens (tertiary/aromatic N) is 3. The summed E-state index contributed by atoms with van der Waals surface area (Å²) in [5.74, 6) is -3.56. The number of hydrogen-bond acceptors (Lipinski definition) is 8. The smallest absolute Gasteiger partial charge is 0.309 e. The first-order valence-corrected chi connectivity index (χ1v) is 14.0. The van der Waals surface area contributed by atoms with Gasteiger partial charge in [-0.2, -0.15) is 0 Å². The SMILES string of the molecule is CCC(C(=O)NCCc1cnc[nH]1)C(C(=O)O)C(C)OC.CCC1C(=O)N(CCc2cnc[nH]2)C(=O)C1C(C)OC.O. The maximum atomic E-state index is 12.4. The number of ether oxygens (including phenoxy) is 2. The molecule has 1 fully saturated rings. The number of carbonyl (C=O) groups excluding carboxylic acids is 3. The van der Waals surface area contributed by atoms with Crippen LogP contribution in [0.5, 0.6) is 0 Å². The van der Waals surface area contributed by atoms with Crippen molar-refractivity contribution in [2.45, 2.75) is 65.6 Å². The molecule has 14 heteroatoms. The lowest BCUT2D eigenvalue weighted by molar-refractivity contribution is -0.153. The van der Waals surface area contributed by atoms with Gasteiger partial charge in [0.1, 0.15) is 0 Å². The van der Waals surface area contributed by atoms with Crippen molar-refractivity contribution in [3.8, 4) is 0 Å². The molecular formula is C28H46N6O8. The van der Waals surface area contributed by atoms with Crippen molar-refractivity contribution in [1.82, 2.24) is 30.2 Å². The molecule has 1 saturated heterocycles. The van der Waals surface area contributed by atoms with E-state index >= 15 is 0 Å². The van der Waals surface area contributed by atoms with E-state index in [-0.39, 0.29) is 41.1 Å². The second-order valence-electron chi connectivity index (χ2n) is 10.1. The van der Waals surface area contributed by atoms with Crippen molar-refractivity contribution in [1.29, 1.82) is 0 Å². The Labute approximate surface area is 246 Å². The van der Waals surface area contributed by atoms with Gasteiger partial charge in [-0.25, -0.2) is 9.97 Å². The third-order valence-electron chi connectivity index (χ3n) is 7.67. The van der Waals surface area contributed by atoms with Crippen LogP contribution in [0.2, 0.25) is 0 Å². The Balaban J connectivity index is 0.000000410. The van der Waals surface area contributed by atoms with Crippen molar-refractivity contribution >= 4 is 23.7 Å². The van der Waals surface area contributed by atoms with Gasteiger partial charge < -0.3 is 35.3 Å². The standard InChI is InChI=1S/C14H23N3O4.C14H21N3O3.H2O/c1-4-11(12(14(19)20)9(2)21-3)13(18)16-6-5-10-7-15-8-17-10;1-4-11-12(9(2)20-3)14(19)17(13(11)18)6-5-10-7-15-8-16-10;/h7-9,11-12H,4-6H2,1-3H3,(H,15,17)(H,16,18)(H,19,20);7-9,11-12H,4-6H2,1-3H3,(H,15,16);1H2. The van der Waals surface area contributed by atoms with E-state index in [4.69, 9.17) is 9.47 Å². The van der Waals surface area contributed by atoms with Crippen LogP contribution >= 0.6 is 0 Å². The summed E-state index contributed by atoms with van der Waals surface area (Å²) in [7, 11) is 3.02. The molecule has 3 rings (SSSR count). The van der Waals surface area contributed by atoms with Crippen LogP contribution in [0.15, 0.2) is 25.0 Å². The fourth-order valence-corrected chi connectivity index (χ4v) is 5.11. The zero-order chi connectivity index (χ0) is 30.5. The summed E-state index contributed by atoms with van der Waals surface area (Å²) in [5.41, 5.74) is 1.84. The summed E-state index contributed by atoms with van der Waals surface area (Å²) in [6.07, 6.45) is 8.12. The molecule has 0 aliphatic carbocycles. The number of methoxy groups -OCH3 is 2. The molecular weight excluding hydrogens is 548 g/mol. The number of amides is 3. The van der Waals surface area contributed by atoms with Crippen LogP contribution < -0.4 is 5.32 Å². The van der Waals surface area contributed by atoms with E-state index in [0.29, 0.717) is 38.8 Å². The monoisotopic (exact) mass is 594 g/mol. The first-order valence-electron chi connectivity index (χ1n) is 14.0. The van der Waals surface area contributed by atoms with Gasteiger partial charge >= 0.3 is 5.97 Å². The molecule has 6 N–H and O–H groups in total. The van der Waals surface area contributed by atoms with Gasteiger partial charge in [0.15, 0.2) is 0 Å². The summed E-state index contributed by atoms with van der Waals surface area (Å²) < 4.78 is 10.4. The summed E-state index contributed by atoms with van der Waals surface area (Å²) in [5, 5.41) is 12.1. The Hall–Kier alpha value is -3.62. The molecule has 236 valence electrons. The van der Waals surface area contributed by atoms with Crippen LogP contribution in [0.25, 0.3) is 0 Å². The molecule has 3 heterocycles. The molecule has 0 spiro atoms. The molecule has 6 atom stereocenters. The number of rotatable bonds is 15. The van der Waals surface area contributed by atoms with Crippen LogP contribution in [0.1, 0.15) is 51.9 Å². The normalized spacial score (nSPS) is 19.2. The Morgan fingerprint density at radius 2 is 1.62 bits per heavy atom. The number of carbonyl (C=O) groups is 4. The summed E-state index contributed by atoms with van der Waals surface area (Å²) >= 11 is 0. The molecule has 2 aromatic rings. The number of aromatic nitrogens is 4. The number of likely N-dealkylation sites (tertiary alicyclic amines) is 1. The highest BCUT2D eigenvalue weighted by atomic mass is 16.5. The number of aromatic amines is 2. The van der Waals surface area contributed by atoms with E-state index in [0.717, 1.165) is 11.4 Å². The Morgan fingerprint density at radius 1 is 1.02 bits per heavy atom. The zero-order valence-electron chi connectivity index (χ0n) is 25.3. The average Bonchev–Trinajstić information content (AvgIpc) is 3.72. The topological polar surface area (TPSA) is 211 Å². The zero-order valence-corrected chi connectivity index (χ0v) is 25.3. The Kier molecular flexibility index (Phi) is 15.6. The molecule has 2 aromatic heterocycles. The summed E-state index contributed by atoms with van der Waals surface area (Å²) in [6, 6.07) is 0. The molecule has 0 aromatic carbocycles. The molecule has 1 aliphatic rings. The van der Waals surface area contributed by atoms with E-state index < -0.39 is 23.9 Å². The lowest BCUT2D eigenvalue weighted by atomic mass is 9.85.